The summed E-state index contributed by atoms with van der Waals surface area (Å²) in [5.41, 5.74) is 7.30. The smallest absolute Gasteiger partial charge is 0.0728 e. The largest absolute Gasteiger partial charge is 0.327 e. The molecule has 0 spiro atoms. The number of hydrogen-bond acceptors (Lipinski definition) is 3. The molecule has 1 saturated carbocycles. The van der Waals surface area contributed by atoms with Gasteiger partial charge in [-0.25, -0.2) is 0 Å². The molecule has 1 aromatic rings. The van der Waals surface area contributed by atoms with Crippen molar-refractivity contribution in [1.82, 2.24) is 15.0 Å². The Bertz CT molecular complexity index is 302. The van der Waals surface area contributed by atoms with Crippen molar-refractivity contribution in [3.8, 4) is 0 Å². The van der Waals surface area contributed by atoms with Crippen molar-refractivity contribution in [2.45, 2.75) is 25.8 Å². The monoisotopic (exact) mass is 166 g/mol. The van der Waals surface area contributed by atoms with Gasteiger partial charge in [0.05, 0.1) is 11.9 Å². The van der Waals surface area contributed by atoms with Crippen molar-refractivity contribution >= 4 is 0 Å². The second-order valence-electron chi connectivity index (χ2n) is 4.11. The van der Waals surface area contributed by atoms with Crippen LogP contribution in [0.25, 0.3) is 0 Å². The quantitative estimate of drug-likeness (QED) is 0.651. The highest BCUT2D eigenvalue weighted by molar-refractivity contribution is 5.27. The summed E-state index contributed by atoms with van der Waals surface area (Å²) in [6.07, 6.45) is 1.80. The van der Waals surface area contributed by atoms with E-state index in [0.717, 1.165) is 5.69 Å². The number of hydrogen-bond donors (Lipinski definition) is 1. The fourth-order valence-corrected chi connectivity index (χ4v) is 1.82. The van der Waals surface area contributed by atoms with E-state index in [4.69, 9.17) is 5.73 Å². The molecule has 0 amide bonds. The van der Waals surface area contributed by atoms with E-state index in [2.05, 4.69) is 24.2 Å². The zero-order valence-corrected chi connectivity index (χ0v) is 7.65. The molecular formula is C8H14N4. The average molecular weight is 166 g/mol. The minimum absolute atomic E-state index is 0.218. The third-order valence-corrected chi connectivity index (χ3v) is 2.98. The van der Waals surface area contributed by atoms with Crippen LogP contribution in [0.3, 0.4) is 0 Å². The highest BCUT2D eigenvalue weighted by Gasteiger charge is 2.57. The first-order valence-electron chi connectivity index (χ1n) is 4.15. The van der Waals surface area contributed by atoms with Crippen LogP contribution < -0.4 is 5.73 Å². The summed E-state index contributed by atoms with van der Waals surface area (Å²) in [6.45, 7) is 4.35. The molecule has 1 aliphatic carbocycles. The van der Waals surface area contributed by atoms with Crippen molar-refractivity contribution in [3.63, 3.8) is 0 Å². The number of nitrogens with two attached hydrogens (primary N) is 1. The van der Waals surface area contributed by atoms with E-state index in [-0.39, 0.29) is 11.5 Å². The number of aryl methyl sites for hydroxylation is 1. The minimum atomic E-state index is 0.218. The molecule has 1 fully saturated rings. The predicted octanol–water partition coefficient (Wildman–Crippen LogP) is 0.266. The molecule has 4 heteroatoms. The molecule has 12 heavy (non-hydrogen) atoms. The molecular weight excluding hydrogens is 152 g/mol. The van der Waals surface area contributed by atoms with Gasteiger partial charge in [0, 0.05) is 19.0 Å². The van der Waals surface area contributed by atoms with Gasteiger partial charge in [0.1, 0.15) is 0 Å². The van der Waals surface area contributed by atoms with Crippen LogP contribution in [-0.2, 0) is 7.05 Å². The van der Waals surface area contributed by atoms with Crippen LogP contribution in [0.2, 0.25) is 0 Å². The van der Waals surface area contributed by atoms with Gasteiger partial charge in [0.25, 0.3) is 0 Å². The summed E-state index contributed by atoms with van der Waals surface area (Å²) in [7, 11) is 1.91. The highest BCUT2D eigenvalue weighted by Crippen LogP contribution is 2.56. The Hall–Kier alpha value is -0.900. The Morgan fingerprint density at radius 3 is 2.50 bits per heavy atom. The topological polar surface area (TPSA) is 56.7 Å². The molecule has 0 aliphatic heterocycles. The fraction of sp³-hybridized carbons (Fsp3) is 0.750. The number of nitrogens with zero attached hydrogens (tertiary/aromatic N) is 3. The fourth-order valence-electron chi connectivity index (χ4n) is 1.82. The molecule has 66 valence electrons. The Kier molecular flexibility index (Phi) is 1.33. The maximum Gasteiger partial charge on any atom is 0.0728 e. The standard InChI is InChI=1S/C8H14N4/c1-8(2)6(7(8)9)5-4-10-11-12(5)3/h4,6-7H,9H2,1-3H3/t6-,7-/m1/s1. The average Bonchev–Trinajstić information content (AvgIpc) is 2.39. The third kappa shape index (κ3) is 0.813. The Morgan fingerprint density at radius 1 is 1.58 bits per heavy atom. The van der Waals surface area contributed by atoms with E-state index in [1.54, 1.807) is 10.9 Å². The normalized spacial score (nSPS) is 32.0. The van der Waals surface area contributed by atoms with Gasteiger partial charge in [-0.15, -0.1) is 5.10 Å². The zero-order chi connectivity index (χ0) is 8.93. The maximum atomic E-state index is 5.94. The second kappa shape index (κ2) is 2.07. The van der Waals surface area contributed by atoms with Crippen LogP contribution in [-0.4, -0.2) is 21.0 Å². The molecule has 2 N–H and O–H groups in total. The zero-order valence-electron chi connectivity index (χ0n) is 7.65. The first kappa shape index (κ1) is 7.73. The lowest BCUT2D eigenvalue weighted by Crippen LogP contribution is -2.07. The molecule has 0 unspecified atom stereocenters. The van der Waals surface area contributed by atoms with Gasteiger partial charge >= 0.3 is 0 Å². The lowest BCUT2D eigenvalue weighted by molar-refractivity contribution is 0.579. The summed E-state index contributed by atoms with van der Waals surface area (Å²) < 4.78 is 1.80. The predicted molar refractivity (Wildman–Crippen MR) is 45.5 cm³/mol. The van der Waals surface area contributed by atoms with Crippen molar-refractivity contribution in [2.24, 2.45) is 18.2 Å². The molecule has 2 atom stereocenters. The Balaban J connectivity index is 2.30. The molecule has 2 rings (SSSR count). The van der Waals surface area contributed by atoms with Gasteiger partial charge < -0.3 is 5.73 Å². The lowest BCUT2D eigenvalue weighted by Gasteiger charge is -2.00. The van der Waals surface area contributed by atoms with E-state index in [0.29, 0.717) is 5.92 Å². The van der Waals surface area contributed by atoms with Gasteiger partial charge in [-0.05, 0) is 5.41 Å². The highest BCUT2D eigenvalue weighted by atomic mass is 15.4. The third-order valence-electron chi connectivity index (χ3n) is 2.98. The lowest BCUT2D eigenvalue weighted by atomic mass is 10.1. The van der Waals surface area contributed by atoms with Crippen LogP contribution in [0.1, 0.15) is 25.5 Å². The van der Waals surface area contributed by atoms with Gasteiger partial charge in [-0.3, -0.25) is 4.68 Å². The summed E-state index contributed by atoms with van der Waals surface area (Å²) in [4.78, 5) is 0. The first-order chi connectivity index (χ1) is 5.55. The molecule has 0 saturated heterocycles. The van der Waals surface area contributed by atoms with Crippen molar-refractivity contribution in [3.05, 3.63) is 11.9 Å². The van der Waals surface area contributed by atoms with Crippen LogP contribution in [0.5, 0.6) is 0 Å². The van der Waals surface area contributed by atoms with Crippen LogP contribution in [0, 0.1) is 5.41 Å². The van der Waals surface area contributed by atoms with Crippen LogP contribution >= 0.6 is 0 Å². The first-order valence-corrected chi connectivity index (χ1v) is 4.15. The summed E-state index contributed by atoms with van der Waals surface area (Å²) in [5, 5.41) is 7.73. The van der Waals surface area contributed by atoms with E-state index in [1.165, 1.54) is 0 Å². The van der Waals surface area contributed by atoms with Crippen LogP contribution in [0.4, 0.5) is 0 Å². The molecule has 4 nitrogen and oxygen atoms in total. The van der Waals surface area contributed by atoms with Crippen molar-refractivity contribution < 1.29 is 0 Å². The molecule has 0 bridgehead atoms. The molecule has 1 heterocycles. The van der Waals surface area contributed by atoms with Crippen molar-refractivity contribution in [2.75, 3.05) is 0 Å². The van der Waals surface area contributed by atoms with Gasteiger partial charge in [-0.2, -0.15) is 0 Å². The van der Waals surface area contributed by atoms with Gasteiger partial charge in [-0.1, -0.05) is 19.1 Å². The van der Waals surface area contributed by atoms with Crippen LogP contribution in [0.15, 0.2) is 6.20 Å². The SMILES string of the molecule is Cn1nncc1[C@@H]1[C@@H](N)C1(C)C. The molecule has 0 aromatic carbocycles. The minimum Gasteiger partial charge on any atom is -0.327 e. The van der Waals surface area contributed by atoms with Gasteiger partial charge in [0.15, 0.2) is 0 Å². The number of rotatable bonds is 1. The van der Waals surface area contributed by atoms with E-state index in [1.807, 2.05) is 7.05 Å². The maximum absolute atomic E-state index is 5.94. The van der Waals surface area contributed by atoms with E-state index < -0.39 is 0 Å². The number of aromatic nitrogens is 3. The van der Waals surface area contributed by atoms with E-state index in [9.17, 15) is 0 Å². The Labute approximate surface area is 71.8 Å². The van der Waals surface area contributed by atoms with Gasteiger partial charge in [0.2, 0.25) is 0 Å². The molecule has 0 radical (unpaired) electrons. The molecule has 1 aliphatic rings. The summed E-state index contributed by atoms with van der Waals surface area (Å²) in [5.74, 6) is 0.428. The Morgan fingerprint density at radius 2 is 2.17 bits per heavy atom. The van der Waals surface area contributed by atoms with Crippen molar-refractivity contribution in [1.29, 1.82) is 0 Å². The van der Waals surface area contributed by atoms with E-state index >= 15 is 0 Å². The summed E-state index contributed by atoms with van der Waals surface area (Å²) >= 11 is 0. The molecule has 1 aromatic heterocycles. The second-order valence-corrected chi connectivity index (χ2v) is 4.11. The summed E-state index contributed by atoms with van der Waals surface area (Å²) in [6, 6.07) is 0.259.